The fourth-order valence-electron chi connectivity index (χ4n) is 1.47. The molecule has 1 amide bonds. The van der Waals surface area contributed by atoms with Crippen LogP contribution in [0, 0.1) is 0 Å². The molecule has 2 heterocycles. The number of nitrogens with zero attached hydrogens (tertiary/aromatic N) is 2. The SMILES string of the molecule is CC[C@H](C)NC(=O)/C=C\c1c(Cl)nc2sccn12. The average Bonchev–Trinajstić information content (AvgIpc) is 2.87. The highest BCUT2D eigenvalue weighted by Gasteiger charge is 2.09. The molecule has 1 atom stereocenters. The largest absolute Gasteiger partial charge is 0.350 e. The van der Waals surface area contributed by atoms with Crippen LogP contribution in [0.15, 0.2) is 17.7 Å². The highest BCUT2D eigenvalue weighted by atomic mass is 35.5. The van der Waals surface area contributed by atoms with Crippen molar-refractivity contribution in [1.82, 2.24) is 14.7 Å². The van der Waals surface area contributed by atoms with Gasteiger partial charge in [0.25, 0.3) is 0 Å². The van der Waals surface area contributed by atoms with Gasteiger partial charge in [0.1, 0.15) is 0 Å². The van der Waals surface area contributed by atoms with E-state index in [1.807, 2.05) is 29.8 Å². The molecule has 0 saturated heterocycles. The van der Waals surface area contributed by atoms with E-state index in [0.29, 0.717) is 5.15 Å². The van der Waals surface area contributed by atoms with Crippen molar-refractivity contribution in [3.8, 4) is 0 Å². The number of aromatic nitrogens is 2. The van der Waals surface area contributed by atoms with E-state index in [4.69, 9.17) is 11.6 Å². The Balaban J connectivity index is 2.15. The molecular formula is C12H14ClN3OS. The normalized spacial score (nSPS) is 13.3. The maximum Gasteiger partial charge on any atom is 0.244 e. The molecule has 96 valence electrons. The number of halogens is 1. The lowest BCUT2D eigenvalue weighted by Crippen LogP contribution is -2.30. The number of hydrogen-bond acceptors (Lipinski definition) is 3. The number of carbonyl (C=O) groups excluding carboxylic acids is 1. The summed E-state index contributed by atoms with van der Waals surface area (Å²) < 4.78 is 1.86. The third kappa shape index (κ3) is 2.73. The highest BCUT2D eigenvalue weighted by molar-refractivity contribution is 7.15. The van der Waals surface area contributed by atoms with Gasteiger partial charge in [-0.05, 0) is 19.4 Å². The summed E-state index contributed by atoms with van der Waals surface area (Å²) in [4.78, 5) is 16.6. The van der Waals surface area contributed by atoms with E-state index in [9.17, 15) is 4.79 Å². The minimum absolute atomic E-state index is 0.120. The van der Waals surface area contributed by atoms with Crippen molar-refractivity contribution in [2.75, 3.05) is 0 Å². The van der Waals surface area contributed by atoms with Crippen molar-refractivity contribution in [3.63, 3.8) is 0 Å². The van der Waals surface area contributed by atoms with Crippen LogP contribution in [-0.4, -0.2) is 21.3 Å². The second kappa shape index (κ2) is 5.54. The van der Waals surface area contributed by atoms with Crippen molar-refractivity contribution < 1.29 is 4.79 Å². The van der Waals surface area contributed by atoms with Gasteiger partial charge in [-0.2, -0.15) is 0 Å². The molecule has 18 heavy (non-hydrogen) atoms. The third-order valence-electron chi connectivity index (χ3n) is 2.65. The van der Waals surface area contributed by atoms with Gasteiger partial charge in [0, 0.05) is 23.7 Å². The van der Waals surface area contributed by atoms with Crippen LogP contribution in [0.3, 0.4) is 0 Å². The standard InChI is InChI=1S/C12H14ClN3OS/c1-3-8(2)14-10(17)5-4-9-11(13)15-12-16(9)6-7-18-12/h4-8H,3H2,1-2H3,(H,14,17)/b5-4-/t8-/m0/s1. The van der Waals surface area contributed by atoms with E-state index in [-0.39, 0.29) is 11.9 Å². The Morgan fingerprint density at radius 1 is 1.72 bits per heavy atom. The molecule has 4 nitrogen and oxygen atoms in total. The number of hydrogen-bond donors (Lipinski definition) is 1. The summed E-state index contributed by atoms with van der Waals surface area (Å²) in [7, 11) is 0. The summed E-state index contributed by atoms with van der Waals surface area (Å²) in [5.41, 5.74) is 0.729. The molecule has 0 aliphatic heterocycles. The van der Waals surface area contributed by atoms with E-state index in [2.05, 4.69) is 10.3 Å². The first kappa shape index (κ1) is 13.1. The number of carbonyl (C=O) groups is 1. The Morgan fingerprint density at radius 3 is 3.22 bits per heavy atom. The fourth-order valence-corrected chi connectivity index (χ4v) is 2.48. The van der Waals surface area contributed by atoms with Crippen molar-refractivity contribution in [2.45, 2.75) is 26.3 Å². The predicted octanol–water partition coefficient (Wildman–Crippen LogP) is 2.98. The molecule has 0 aliphatic rings. The Hall–Kier alpha value is -1.33. The first-order valence-corrected chi connectivity index (χ1v) is 6.97. The van der Waals surface area contributed by atoms with Gasteiger partial charge >= 0.3 is 0 Å². The number of amides is 1. The number of thiazole rings is 1. The zero-order valence-corrected chi connectivity index (χ0v) is 11.8. The number of imidazole rings is 1. The zero-order valence-electron chi connectivity index (χ0n) is 10.2. The Kier molecular flexibility index (Phi) is 4.04. The molecule has 1 N–H and O–H groups in total. The predicted molar refractivity (Wildman–Crippen MR) is 75.0 cm³/mol. The third-order valence-corrected chi connectivity index (χ3v) is 3.68. The molecule has 0 spiro atoms. The van der Waals surface area contributed by atoms with Gasteiger partial charge < -0.3 is 5.32 Å². The van der Waals surface area contributed by atoms with Gasteiger partial charge in [-0.25, -0.2) is 4.98 Å². The average molecular weight is 284 g/mol. The van der Waals surface area contributed by atoms with E-state index in [1.165, 1.54) is 17.4 Å². The molecule has 0 fully saturated rings. The van der Waals surface area contributed by atoms with Crippen LogP contribution in [0.5, 0.6) is 0 Å². The summed E-state index contributed by atoms with van der Waals surface area (Å²) in [6.45, 7) is 3.99. The Labute approximate surface area is 114 Å². The van der Waals surface area contributed by atoms with Crippen LogP contribution >= 0.6 is 22.9 Å². The van der Waals surface area contributed by atoms with Gasteiger partial charge in [0.05, 0.1) is 5.69 Å². The molecule has 0 saturated carbocycles. The zero-order chi connectivity index (χ0) is 13.1. The quantitative estimate of drug-likeness (QED) is 0.877. The molecular weight excluding hydrogens is 270 g/mol. The van der Waals surface area contributed by atoms with Gasteiger partial charge in [-0.1, -0.05) is 18.5 Å². The lowest BCUT2D eigenvalue weighted by atomic mass is 10.2. The molecule has 0 unspecified atom stereocenters. The Bertz CT molecular complexity index is 587. The summed E-state index contributed by atoms with van der Waals surface area (Å²) in [5.74, 6) is -0.120. The topological polar surface area (TPSA) is 46.4 Å². The lowest BCUT2D eigenvalue weighted by Gasteiger charge is -2.08. The van der Waals surface area contributed by atoms with Crippen LogP contribution in [0.25, 0.3) is 11.0 Å². The van der Waals surface area contributed by atoms with Crippen LogP contribution in [0.1, 0.15) is 26.0 Å². The first-order chi connectivity index (χ1) is 8.61. The van der Waals surface area contributed by atoms with Crippen molar-refractivity contribution in [1.29, 1.82) is 0 Å². The highest BCUT2D eigenvalue weighted by Crippen LogP contribution is 2.22. The molecule has 0 aromatic carbocycles. The van der Waals surface area contributed by atoms with Crippen molar-refractivity contribution in [3.05, 3.63) is 28.5 Å². The van der Waals surface area contributed by atoms with Crippen LogP contribution in [-0.2, 0) is 4.79 Å². The lowest BCUT2D eigenvalue weighted by molar-refractivity contribution is -0.117. The summed E-state index contributed by atoms with van der Waals surface area (Å²) in [6, 6.07) is 0.171. The molecule has 2 aromatic rings. The van der Waals surface area contributed by atoms with Crippen LogP contribution in [0.2, 0.25) is 5.15 Å². The van der Waals surface area contributed by atoms with E-state index >= 15 is 0 Å². The maximum atomic E-state index is 11.6. The summed E-state index contributed by atoms with van der Waals surface area (Å²) in [5, 5.41) is 5.19. The summed E-state index contributed by atoms with van der Waals surface area (Å²) in [6.07, 6.45) is 5.96. The second-order valence-electron chi connectivity index (χ2n) is 3.99. The molecule has 0 aliphatic carbocycles. The number of rotatable bonds is 4. The smallest absolute Gasteiger partial charge is 0.244 e. The van der Waals surface area contributed by atoms with E-state index in [0.717, 1.165) is 17.1 Å². The van der Waals surface area contributed by atoms with Crippen molar-refractivity contribution >= 4 is 39.9 Å². The van der Waals surface area contributed by atoms with Crippen LogP contribution < -0.4 is 5.32 Å². The molecule has 6 heteroatoms. The maximum absolute atomic E-state index is 11.6. The molecule has 2 aromatic heterocycles. The van der Waals surface area contributed by atoms with Gasteiger partial charge in [0.2, 0.25) is 5.91 Å². The fraction of sp³-hybridized carbons (Fsp3) is 0.333. The van der Waals surface area contributed by atoms with Gasteiger partial charge in [0.15, 0.2) is 10.1 Å². The second-order valence-corrected chi connectivity index (χ2v) is 5.23. The molecule has 2 rings (SSSR count). The summed E-state index contributed by atoms with van der Waals surface area (Å²) >= 11 is 7.52. The monoisotopic (exact) mass is 283 g/mol. The number of nitrogens with one attached hydrogen (secondary N) is 1. The van der Waals surface area contributed by atoms with Crippen LogP contribution in [0.4, 0.5) is 0 Å². The first-order valence-electron chi connectivity index (χ1n) is 5.71. The minimum atomic E-state index is -0.120. The van der Waals surface area contributed by atoms with E-state index < -0.39 is 0 Å². The Morgan fingerprint density at radius 2 is 2.50 bits per heavy atom. The van der Waals surface area contributed by atoms with Gasteiger partial charge in [-0.3, -0.25) is 9.20 Å². The van der Waals surface area contributed by atoms with Crippen molar-refractivity contribution in [2.24, 2.45) is 0 Å². The van der Waals surface area contributed by atoms with Gasteiger partial charge in [-0.15, -0.1) is 11.3 Å². The number of fused-ring (bicyclic) bond motifs is 1. The molecule has 0 radical (unpaired) electrons. The van der Waals surface area contributed by atoms with E-state index in [1.54, 1.807) is 6.08 Å². The molecule has 0 bridgehead atoms. The minimum Gasteiger partial charge on any atom is -0.350 e.